The van der Waals surface area contributed by atoms with Gasteiger partial charge in [0.25, 0.3) is 0 Å². The van der Waals surface area contributed by atoms with Crippen molar-refractivity contribution in [2.24, 2.45) is 5.92 Å². The van der Waals surface area contributed by atoms with Gasteiger partial charge in [0.15, 0.2) is 21.7 Å². The minimum atomic E-state index is -8.92. The van der Waals surface area contributed by atoms with Crippen LogP contribution in [0.4, 0.5) is 74.6 Å². The quantitative estimate of drug-likeness (QED) is 0.149. The van der Waals surface area contributed by atoms with E-state index in [4.69, 9.17) is 0 Å². The fourth-order valence-electron chi connectivity index (χ4n) is 3.13. The van der Waals surface area contributed by atoms with Gasteiger partial charge in [-0.15, -0.1) is 0 Å². The molecule has 0 amide bonds. The molecule has 0 atom stereocenters. The Morgan fingerprint density at radius 3 is 1.24 bits per heavy atom. The highest BCUT2D eigenvalue weighted by Gasteiger charge is 2.95. The molecule has 1 fully saturated rings. The summed E-state index contributed by atoms with van der Waals surface area (Å²) in [7, 11) is -7.84. The zero-order chi connectivity index (χ0) is 33.5. The van der Waals surface area contributed by atoms with Gasteiger partial charge in [-0.05, 0) is 23.7 Å². The summed E-state index contributed by atoms with van der Waals surface area (Å²) in [6, 6.07) is 0. The molecule has 41 heavy (non-hydrogen) atoms. The highest BCUT2D eigenvalue weighted by molar-refractivity contribution is 7.96. The summed E-state index contributed by atoms with van der Waals surface area (Å²) in [6.07, 6.45) is 2.63. The fraction of sp³-hybridized carbons (Fsp3) is 0.944. The van der Waals surface area contributed by atoms with Crippen molar-refractivity contribution in [2.45, 2.75) is 79.1 Å². The number of ketones is 1. The Kier molecular flexibility index (Phi) is 11.7. The van der Waals surface area contributed by atoms with Crippen molar-refractivity contribution in [3.63, 3.8) is 0 Å². The summed E-state index contributed by atoms with van der Waals surface area (Å²) in [5, 5.41) is -7.95. The van der Waals surface area contributed by atoms with Gasteiger partial charge in [0.05, 0.1) is 12.5 Å². The molecule has 0 saturated heterocycles. The Bertz CT molecular complexity index is 1020. The fourth-order valence-corrected chi connectivity index (χ4v) is 4.38. The largest absolute Gasteiger partial charge is 0.743 e. The molecule has 1 aliphatic rings. The monoisotopic (exact) mass is 686 g/mol. The number of carbonyl (C=O) groups is 1. The Morgan fingerprint density at radius 1 is 0.634 bits per heavy atom. The number of carbonyl (C=O) groups excluding carboxylic acids is 1. The third-order valence-corrected chi connectivity index (χ3v) is 7.24. The van der Waals surface area contributed by atoms with Crippen molar-refractivity contribution in [3.05, 3.63) is 0 Å². The number of Topliss-reactive ketones (excluding diaryl/α,β-unsaturated/α-hetero) is 1. The van der Waals surface area contributed by atoms with Crippen molar-refractivity contribution in [1.29, 1.82) is 0 Å². The zero-order valence-electron chi connectivity index (χ0n) is 20.2. The molecule has 0 bridgehead atoms. The first-order valence-electron chi connectivity index (χ1n) is 10.4. The molecule has 0 unspecified atom stereocenters. The second-order valence-electron chi connectivity index (χ2n) is 8.85. The van der Waals surface area contributed by atoms with E-state index in [9.17, 15) is 92.4 Å². The van der Waals surface area contributed by atoms with Crippen LogP contribution in [0, 0.1) is 5.92 Å². The van der Waals surface area contributed by atoms with Crippen molar-refractivity contribution in [2.75, 3.05) is 18.3 Å². The van der Waals surface area contributed by atoms with E-state index >= 15 is 0 Å². The van der Waals surface area contributed by atoms with Crippen molar-refractivity contribution < 1.29 is 92.4 Å². The zero-order valence-corrected chi connectivity index (χ0v) is 21.8. The van der Waals surface area contributed by atoms with Crippen LogP contribution >= 0.6 is 0 Å². The lowest BCUT2D eigenvalue weighted by atomic mass is 9.87. The number of rotatable bonds is 10. The van der Waals surface area contributed by atoms with Gasteiger partial charge >= 0.3 is 47.0 Å². The molecule has 1 saturated carbocycles. The lowest BCUT2D eigenvalue weighted by Gasteiger charge is -2.42. The van der Waals surface area contributed by atoms with E-state index in [1.165, 1.54) is 19.3 Å². The van der Waals surface area contributed by atoms with Gasteiger partial charge in [-0.2, -0.15) is 74.6 Å². The van der Waals surface area contributed by atoms with Crippen molar-refractivity contribution >= 4 is 26.8 Å². The molecule has 1 rings (SSSR count). The van der Waals surface area contributed by atoms with Gasteiger partial charge in [-0.1, -0.05) is 19.3 Å². The van der Waals surface area contributed by atoms with Gasteiger partial charge in [-0.3, -0.25) is 4.79 Å². The topological polar surface area (TPSA) is 74.3 Å². The molecule has 23 heteroatoms. The van der Waals surface area contributed by atoms with Crippen LogP contribution in [0.15, 0.2) is 0 Å². The maximum Gasteiger partial charge on any atom is 0.460 e. The first-order chi connectivity index (χ1) is 17.7. The number of hydrogen-bond donors (Lipinski definition) is 0. The summed E-state index contributed by atoms with van der Waals surface area (Å²) in [5.74, 6) is -50.4. The standard InChI is InChI=1S/C10H19OS.C8HF17O3S/c1-12(2)8-10(11)9-6-4-3-5-7-9;9-1(10,3(13,14)5(17,18)7(21,22)23)2(11,12)4(15,16)6(19,20)8(24,25)29(26,27)28/h9H,3-8H2,1-2H3;(H,26,27,28)/q+1;/p-1. The van der Waals surface area contributed by atoms with Gasteiger partial charge in [0, 0.05) is 5.92 Å². The molecular formula is C18H19F17O4S2. The SMILES string of the molecule is C[S+](C)CC(=O)C1CCCCC1.O=S(=O)([O-])C(F)(F)C(F)(F)C(F)(F)C(F)(F)C(F)(F)C(F)(F)C(F)(F)C(F)(F)F. The molecule has 0 aromatic rings. The smallest absolute Gasteiger partial charge is 0.460 e. The van der Waals surface area contributed by atoms with Crippen LogP contribution in [-0.2, 0) is 25.8 Å². The molecule has 246 valence electrons. The highest BCUT2D eigenvalue weighted by atomic mass is 32.2. The van der Waals surface area contributed by atoms with Gasteiger partial charge in [0.1, 0.15) is 0 Å². The predicted molar refractivity (Wildman–Crippen MR) is 106 cm³/mol. The third-order valence-electron chi connectivity index (χ3n) is 5.50. The van der Waals surface area contributed by atoms with Gasteiger partial charge in [0.2, 0.25) is 0 Å². The molecule has 4 nitrogen and oxygen atoms in total. The lowest BCUT2D eigenvalue weighted by molar-refractivity contribution is -0.458. The normalized spacial score (nSPS) is 17.8. The minimum absolute atomic E-state index is 0.303. The van der Waals surface area contributed by atoms with Gasteiger partial charge in [-0.25, -0.2) is 8.42 Å². The first-order valence-corrected chi connectivity index (χ1v) is 14.1. The van der Waals surface area contributed by atoms with Crippen LogP contribution in [0.3, 0.4) is 0 Å². The van der Waals surface area contributed by atoms with E-state index in [0.717, 1.165) is 18.6 Å². The average Bonchev–Trinajstić information content (AvgIpc) is 2.77. The average molecular weight is 686 g/mol. The molecule has 0 radical (unpaired) electrons. The van der Waals surface area contributed by atoms with E-state index in [1.54, 1.807) is 0 Å². The van der Waals surface area contributed by atoms with Crippen LogP contribution in [0.1, 0.15) is 32.1 Å². The van der Waals surface area contributed by atoms with Crippen molar-refractivity contribution in [3.8, 4) is 0 Å². The Hall–Kier alpha value is -1.26. The van der Waals surface area contributed by atoms with E-state index in [1.807, 2.05) is 0 Å². The van der Waals surface area contributed by atoms with Gasteiger partial charge < -0.3 is 4.55 Å². The summed E-state index contributed by atoms with van der Waals surface area (Å²) in [6.45, 7) is 0. The summed E-state index contributed by atoms with van der Waals surface area (Å²) in [4.78, 5) is 11.6. The van der Waals surface area contributed by atoms with E-state index < -0.39 is 57.1 Å². The number of halogens is 17. The molecule has 0 spiro atoms. The van der Waals surface area contributed by atoms with E-state index in [2.05, 4.69) is 12.5 Å². The molecule has 1 aliphatic carbocycles. The maximum absolute atomic E-state index is 13.0. The summed E-state index contributed by atoms with van der Waals surface area (Å²) >= 11 is 0. The van der Waals surface area contributed by atoms with Crippen LogP contribution in [0.2, 0.25) is 0 Å². The van der Waals surface area contributed by atoms with Crippen LogP contribution in [0.25, 0.3) is 0 Å². The predicted octanol–water partition coefficient (Wildman–Crippen LogP) is 6.51. The third kappa shape index (κ3) is 6.95. The molecule has 0 aromatic heterocycles. The van der Waals surface area contributed by atoms with Crippen LogP contribution < -0.4 is 0 Å². The molecule has 0 heterocycles. The first kappa shape index (κ1) is 39.7. The van der Waals surface area contributed by atoms with Crippen LogP contribution in [-0.4, -0.2) is 84.0 Å². The van der Waals surface area contributed by atoms with E-state index in [-0.39, 0.29) is 0 Å². The Balaban J connectivity index is 0.00000110. The minimum Gasteiger partial charge on any atom is -0.743 e. The van der Waals surface area contributed by atoms with Crippen LogP contribution in [0.5, 0.6) is 0 Å². The lowest BCUT2D eigenvalue weighted by Crippen LogP contribution is -2.75. The Morgan fingerprint density at radius 2 is 0.951 bits per heavy atom. The highest BCUT2D eigenvalue weighted by Crippen LogP contribution is 2.64. The molecule has 0 aromatic carbocycles. The maximum atomic E-state index is 13.0. The molecular weight excluding hydrogens is 667 g/mol. The number of hydrogen-bond acceptors (Lipinski definition) is 4. The molecule has 0 aliphatic heterocycles. The van der Waals surface area contributed by atoms with E-state index in [0.29, 0.717) is 22.6 Å². The van der Waals surface area contributed by atoms with Crippen molar-refractivity contribution in [1.82, 2.24) is 0 Å². The molecule has 0 N–H and O–H groups in total. The number of alkyl halides is 17. The second-order valence-corrected chi connectivity index (χ2v) is 12.5. The summed E-state index contributed by atoms with van der Waals surface area (Å²) < 4.78 is 244. The Labute approximate surface area is 223 Å². The second kappa shape index (κ2) is 12.0. The summed E-state index contributed by atoms with van der Waals surface area (Å²) in [5.41, 5.74) is 0.